The normalized spacial score (nSPS) is 29.2. The summed E-state index contributed by atoms with van der Waals surface area (Å²) in [6, 6.07) is 10.4. The molecule has 0 heterocycles. The molecule has 1 N–H and O–H groups in total. The van der Waals surface area contributed by atoms with E-state index >= 15 is 0 Å². The average molecular weight is 471 g/mol. The van der Waals surface area contributed by atoms with Crippen LogP contribution in [0.3, 0.4) is 0 Å². The van der Waals surface area contributed by atoms with Gasteiger partial charge in [-0.15, -0.1) is 0 Å². The van der Waals surface area contributed by atoms with E-state index in [1.54, 1.807) is 7.05 Å². The summed E-state index contributed by atoms with van der Waals surface area (Å²) in [5.41, 5.74) is 1.56. The Kier molecular flexibility index (Phi) is 5.49. The number of halogens is 3. The van der Waals surface area contributed by atoms with Crippen LogP contribution in [0.5, 0.6) is 0 Å². The highest BCUT2D eigenvalue weighted by Crippen LogP contribution is 2.66. The van der Waals surface area contributed by atoms with Gasteiger partial charge in [-0.25, -0.2) is 13.2 Å². The van der Waals surface area contributed by atoms with Crippen molar-refractivity contribution >= 4 is 17.5 Å². The first-order chi connectivity index (χ1) is 16.1. The number of benzene rings is 2. The van der Waals surface area contributed by atoms with Crippen LogP contribution in [0.4, 0.5) is 18.9 Å². The van der Waals surface area contributed by atoms with Gasteiger partial charge in [-0.3, -0.25) is 9.59 Å². The van der Waals surface area contributed by atoms with E-state index in [-0.39, 0.29) is 17.9 Å². The first-order valence-electron chi connectivity index (χ1n) is 11.9. The molecule has 0 saturated heterocycles. The Bertz CT molecular complexity index is 1130. The third kappa shape index (κ3) is 3.79. The molecule has 6 rings (SSSR count). The standard InChI is InChI=1S/C27H29F3N2O2/c1-16-3-5-19(6-4-16)26-10-17-9-18(11-26)13-27(12-17,15-26)25(34)32(2)14-22(33)31-21-8-7-20(28)23(29)24(21)30/h3-8,17-18H,9-15H2,1-2H3,(H,31,33). The lowest BCUT2D eigenvalue weighted by atomic mass is 9.42. The topological polar surface area (TPSA) is 49.4 Å². The zero-order valence-corrected chi connectivity index (χ0v) is 19.5. The largest absolute Gasteiger partial charge is 0.336 e. The van der Waals surface area contributed by atoms with Gasteiger partial charge < -0.3 is 10.2 Å². The van der Waals surface area contributed by atoms with Gasteiger partial charge in [0.25, 0.3) is 0 Å². The number of carbonyl (C=O) groups is 2. The highest BCUT2D eigenvalue weighted by molar-refractivity contribution is 5.95. The van der Waals surface area contributed by atoms with Crippen molar-refractivity contribution in [2.24, 2.45) is 17.3 Å². The van der Waals surface area contributed by atoms with Crippen molar-refractivity contribution in [1.29, 1.82) is 0 Å². The zero-order chi connectivity index (χ0) is 24.3. The predicted molar refractivity (Wildman–Crippen MR) is 123 cm³/mol. The quantitative estimate of drug-likeness (QED) is 0.599. The number of likely N-dealkylation sites (N-methyl/N-ethyl adjacent to an activating group) is 1. The monoisotopic (exact) mass is 470 g/mol. The fourth-order valence-corrected chi connectivity index (χ4v) is 7.26. The van der Waals surface area contributed by atoms with E-state index in [4.69, 9.17) is 0 Å². The van der Waals surface area contributed by atoms with Crippen molar-refractivity contribution < 1.29 is 22.8 Å². The second-order valence-corrected chi connectivity index (χ2v) is 10.8. The second kappa shape index (κ2) is 8.14. The van der Waals surface area contributed by atoms with Crippen LogP contribution < -0.4 is 5.32 Å². The Hall–Kier alpha value is -2.83. The van der Waals surface area contributed by atoms with Gasteiger partial charge in [0.1, 0.15) is 0 Å². The number of amides is 2. The fourth-order valence-electron chi connectivity index (χ4n) is 7.26. The lowest BCUT2D eigenvalue weighted by Crippen LogP contribution is -2.59. The van der Waals surface area contributed by atoms with Crippen LogP contribution in [-0.4, -0.2) is 30.3 Å². The molecule has 180 valence electrons. The van der Waals surface area contributed by atoms with Crippen LogP contribution in [-0.2, 0) is 15.0 Å². The molecule has 0 aromatic heterocycles. The molecule has 2 unspecified atom stereocenters. The molecule has 2 aromatic rings. The molecule has 4 aliphatic rings. The Morgan fingerprint density at radius 3 is 2.26 bits per heavy atom. The van der Waals surface area contributed by atoms with Gasteiger partial charge in [0.05, 0.1) is 17.6 Å². The van der Waals surface area contributed by atoms with Gasteiger partial charge >= 0.3 is 0 Å². The summed E-state index contributed by atoms with van der Waals surface area (Å²) in [5.74, 6) is -4.15. The summed E-state index contributed by atoms with van der Waals surface area (Å²) in [4.78, 5) is 27.7. The third-order valence-electron chi connectivity index (χ3n) is 8.22. The number of anilines is 1. The van der Waals surface area contributed by atoms with Gasteiger partial charge in [-0.2, -0.15) is 0 Å². The Labute approximate surface area is 197 Å². The zero-order valence-electron chi connectivity index (χ0n) is 19.5. The van der Waals surface area contributed by atoms with Gasteiger partial charge in [0.15, 0.2) is 17.5 Å². The second-order valence-electron chi connectivity index (χ2n) is 10.8. The van der Waals surface area contributed by atoms with Crippen molar-refractivity contribution in [1.82, 2.24) is 4.90 Å². The molecule has 4 nitrogen and oxygen atoms in total. The van der Waals surface area contributed by atoms with E-state index in [1.165, 1.54) is 16.0 Å². The minimum atomic E-state index is -1.64. The van der Waals surface area contributed by atoms with Crippen LogP contribution in [0.2, 0.25) is 0 Å². The van der Waals surface area contributed by atoms with Gasteiger partial charge in [-0.1, -0.05) is 29.8 Å². The van der Waals surface area contributed by atoms with Gasteiger partial charge in [0, 0.05) is 7.05 Å². The predicted octanol–water partition coefficient (Wildman–Crippen LogP) is 5.35. The van der Waals surface area contributed by atoms with Crippen LogP contribution in [0.15, 0.2) is 36.4 Å². The molecule has 2 atom stereocenters. The van der Waals surface area contributed by atoms with E-state index < -0.39 is 34.5 Å². The SMILES string of the molecule is Cc1ccc(C23CC4CC(CC(C(=O)N(C)CC(=O)Nc5ccc(F)c(F)c5F)(C4)C2)C3)cc1. The molecule has 2 aromatic carbocycles. The fraction of sp³-hybridized carbons (Fsp3) is 0.481. The first kappa shape index (κ1) is 22.9. The highest BCUT2D eigenvalue weighted by atomic mass is 19.2. The van der Waals surface area contributed by atoms with Crippen molar-refractivity contribution in [3.05, 3.63) is 65.0 Å². The summed E-state index contributed by atoms with van der Waals surface area (Å²) in [6.45, 7) is 1.78. The summed E-state index contributed by atoms with van der Waals surface area (Å²) < 4.78 is 40.6. The van der Waals surface area contributed by atoms with Crippen molar-refractivity contribution in [3.8, 4) is 0 Å². The number of hydrogen-bond donors (Lipinski definition) is 1. The maximum absolute atomic E-state index is 13.9. The number of rotatable bonds is 5. The Morgan fingerprint density at radius 1 is 0.971 bits per heavy atom. The molecular weight excluding hydrogens is 441 g/mol. The lowest BCUT2D eigenvalue weighted by molar-refractivity contribution is -0.159. The van der Waals surface area contributed by atoms with Crippen molar-refractivity contribution in [2.75, 3.05) is 18.9 Å². The Morgan fingerprint density at radius 2 is 1.62 bits per heavy atom. The molecular formula is C27H29F3N2O2. The van der Waals surface area contributed by atoms with Crippen LogP contribution >= 0.6 is 0 Å². The molecule has 4 aliphatic carbocycles. The van der Waals surface area contributed by atoms with Crippen LogP contribution in [0.25, 0.3) is 0 Å². The van der Waals surface area contributed by atoms with E-state index in [0.29, 0.717) is 11.8 Å². The van der Waals surface area contributed by atoms with E-state index in [0.717, 1.165) is 50.7 Å². The summed E-state index contributed by atoms with van der Waals surface area (Å²) in [5, 5.41) is 2.26. The molecule has 0 radical (unpaired) electrons. The molecule has 0 aliphatic heterocycles. The van der Waals surface area contributed by atoms with Gasteiger partial charge in [0.2, 0.25) is 11.8 Å². The molecule has 2 amide bonds. The molecule has 4 bridgehead atoms. The van der Waals surface area contributed by atoms with Crippen LogP contribution in [0, 0.1) is 41.6 Å². The summed E-state index contributed by atoms with van der Waals surface area (Å²) in [6.07, 6.45) is 5.79. The smallest absolute Gasteiger partial charge is 0.244 e. The minimum absolute atomic E-state index is 0.00862. The maximum atomic E-state index is 13.9. The lowest BCUT2D eigenvalue weighted by Gasteiger charge is -2.62. The van der Waals surface area contributed by atoms with E-state index in [1.807, 2.05) is 0 Å². The molecule has 34 heavy (non-hydrogen) atoms. The van der Waals surface area contributed by atoms with Gasteiger partial charge in [-0.05, 0) is 80.4 Å². The molecule has 7 heteroatoms. The number of hydrogen-bond acceptors (Lipinski definition) is 2. The summed E-state index contributed by atoms with van der Waals surface area (Å²) >= 11 is 0. The minimum Gasteiger partial charge on any atom is -0.336 e. The maximum Gasteiger partial charge on any atom is 0.244 e. The summed E-state index contributed by atoms with van der Waals surface area (Å²) in [7, 11) is 1.58. The molecule has 0 spiro atoms. The molecule has 4 fully saturated rings. The van der Waals surface area contributed by atoms with Crippen LogP contribution in [0.1, 0.15) is 49.7 Å². The number of nitrogens with zero attached hydrogens (tertiary/aromatic N) is 1. The molecule has 4 saturated carbocycles. The number of carbonyl (C=O) groups excluding carboxylic acids is 2. The number of nitrogens with one attached hydrogen (secondary N) is 1. The third-order valence-corrected chi connectivity index (χ3v) is 8.22. The average Bonchev–Trinajstić information content (AvgIpc) is 2.78. The van der Waals surface area contributed by atoms with E-state index in [9.17, 15) is 22.8 Å². The highest BCUT2D eigenvalue weighted by Gasteiger charge is 2.61. The number of aryl methyl sites for hydroxylation is 1. The Balaban J connectivity index is 1.33. The van der Waals surface area contributed by atoms with Crippen molar-refractivity contribution in [2.45, 2.75) is 50.9 Å². The first-order valence-corrected chi connectivity index (χ1v) is 11.9. The van der Waals surface area contributed by atoms with E-state index in [2.05, 4.69) is 36.5 Å². The van der Waals surface area contributed by atoms with Crippen molar-refractivity contribution in [3.63, 3.8) is 0 Å².